The van der Waals surface area contributed by atoms with E-state index in [0.29, 0.717) is 18.5 Å². The van der Waals surface area contributed by atoms with Crippen molar-refractivity contribution in [3.05, 3.63) is 102 Å². The lowest BCUT2D eigenvalue weighted by Crippen LogP contribution is -2.30. The zero-order valence-corrected chi connectivity index (χ0v) is 20.0. The lowest BCUT2D eigenvalue weighted by molar-refractivity contribution is -0.120. The van der Waals surface area contributed by atoms with Crippen LogP contribution in [0.4, 0.5) is 13.2 Å². The average molecular weight is 483 g/mol. The van der Waals surface area contributed by atoms with E-state index >= 15 is 0 Å². The molecule has 1 aliphatic heterocycles. The number of allylic oxidation sites excluding steroid dienone is 4. The Balaban J connectivity index is 0.000000251. The number of hydrogen-bond acceptors (Lipinski definition) is 4. The van der Waals surface area contributed by atoms with Crippen molar-refractivity contribution < 1.29 is 18.0 Å². The van der Waals surface area contributed by atoms with Crippen LogP contribution in [0.1, 0.15) is 31.4 Å². The fourth-order valence-electron chi connectivity index (χ4n) is 2.89. The van der Waals surface area contributed by atoms with Gasteiger partial charge in [-0.15, -0.1) is 0 Å². The van der Waals surface area contributed by atoms with Gasteiger partial charge in [0.2, 0.25) is 5.91 Å². The van der Waals surface area contributed by atoms with E-state index in [1.54, 1.807) is 18.3 Å². The van der Waals surface area contributed by atoms with Gasteiger partial charge < -0.3 is 5.32 Å². The molecule has 2 heterocycles. The second-order valence-electron chi connectivity index (χ2n) is 7.82. The number of alkyl halides is 3. The predicted octanol–water partition coefficient (Wildman–Crippen LogP) is 5.66. The highest BCUT2D eigenvalue weighted by molar-refractivity contribution is 6.08. The molecule has 3 rings (SSSR count). The molecule has 0 saturated carbocycles. The summed E-state index contributed by atoms with van der Waals surface area (Å²) >= 11 is 0. The highest BCUT2D eigenvalue weighted by Gasteiger charge is 2.30. The maximum absolute atomic E-state index is 12.3. The monoisotopic (exact) mass is 482 g/mol. The molecule has 1 N–H and O–H groups in total. The number of nitrogens with one attached hydrogen (secondary N) is 1. The molecule has 35 heavy (non-hydrogen) atoms. The van der Waals surface area contributed by atoms with Gasteiger partial charge in [0.25, 0.3) is 0 Å². The quantitative estimate of drug-likeness (QED) is 0.540. The number of halogens is 3. The summed E-state index contributed by atoms with van der Waals surface area (Å²) in [6, 6.07) is 13.0. The Bertz CT molecular complexity index is 1120. The number of pyridine rings is 1. The van der Waals surface area contributed by atoms with Crippen LogP contribution in [0.5, 0.6) is 0 Å². The van der Waals surface area contributed by atoms with E-state index in [1.165, 1.54) is 18.8 Å². The zero-order valence-electron chi connectivity index (χ0n) is 20.0. The number of carbonyl (C=O) groups excluding carboxylic acids is 1. The van der Waals surface area contributed by atoms with Crippen molar-refractivity contribution in [2.75, 3.05) is 13.6 Å². The summed E-state index contributed by atoms with van der Waals surface area (Å²) in [5, 5.41) is 2.89. The fraction of sp³-hybridized carbons (Fsp3) is 0.259. The van der Waals surface area contributed by atoms with Gasteiger partial charge in [0.05, 0.1) is 24.4 Å². The smallest absolute Gasteiger partial charge is 0.350 e. The van der Waals surface area contributed by atoms with Crippen molar-refractivity contribution in [3.8, 4) is 0 Å². The SMILES string of the molecule is CC1=CN=C(CNC(=O)Cc2ccccc2)C=CC1.CN=C(/C=C(\C)C(F)(F)F)c1cccnc1. The van der Waals surface area contributed by atoms with E-state index in [9.17, 15) is 18.0 Å². The number of carbonyl (C=O) groups is 1. The summed E-state index contributed by atoms with van der Waals surface area (Å²) in [7, 11) is 1.45. The number of benzene rings is 1. The van der Waals surface area contributed by atoms with Crippen molar-refractivity contribution in [2.24, 2.45) is 9.98 Å². The van der Waals surface area contributed by atoms with Crippen LogP contribution in [0, 0.1) is 0 Å². The third kappa shape index (κ3) is 10.3. The van der Waals surface area contributed by atoms with Crippen LogP contribution in [0.25, 0.3) is 0 Å². The molecule has 2 aromatic rings. The Morgan fingerprint density at radius 2 is 1.91 bits per heavy atom. The second-order valence-corrected chi connectivity index (χ2v) is 7.82. The standard InChI is InChI=1S/C16H18N2O.C11H11F3N2/c1-13-6-5-9-15(17-11-13)12-18-16(19)10-14-7-3-2-4-8-14;1-8(11(12,13)14)6-10(15-2)9-4-3-5-16-7-9/h2-5,7-9,11H,6,10,12H2,1H3,(H,18,19);3-7H,1-2H3/b;8-6+,15-10?. The number of amides is 1. The fourth-order valence-corrected chi connectivity index (χ4v) is 2.89. The molecule has 0 saturated heterocycles. The maximum Gasteiger partial charge on any atom is 0.412 e. The van der Waals surface area contributed by atoms with E-state index < -0.39 is 11.7 Å². The van der Waals surface area contributed by atoms with E-state index in [1.807, 2.05) is 49.5 Å². The average Bonchev–Trinajstić information content (AvgIpc) is 3.06. The van der Waals surface area contributed by atoms with Crippen molar-refractivity contribution >= 4 is 17.3 Å². The first-order chi connectivity index (χ1) is 16.7. The van der Waals surface area contributed by atoms with Crippen molar-refractivity contribution in [1.82, 2.24) is 10.3 Å². The highest BCUT2D eigenvalue weighted by Crippen LogP contribution is 2.25. The van der Waals surface area contributed by atoms with Crippen LogP contribution < -0.4 is 5.32 Å². The molecule has 1 aliphatic rings. The molecule has 5 nitrogen and oxygen atoms in total. The zero-order chi connectivity index (χ0) is 25.7. The molecule has 1 amide bonds. The van der Waals surface area contributed by atoms with Gasteiger partial charge in [-0.2, -0.15) is 13.2 Å². The summed E-state index contributed by atoms with van der Waals surface area (Å²) < 4.78 is 37.0. The minimum absolute atomic E-state index is 0.0206. The molecule has 0 atom stereocenters. The predicted molar refractivity (Wildman–Crippen MR) is 135 cm³/mol. The van der Waals surface area contributed by atoms with E-state index in [-0.39, 0.29) is 11.6 Å². The molecule has 0 fully saturated rings. The molecule has 0 radical (unpaired) electrons. The maximum atomic E-state index is 12.3. The summed E-state index contributed by atoms with van der Waals surface area (Å²) in [6.07, 6.45) is 6.95. The molecule has 184 valence electrons. The lowest BCUT2D eigenvalue weighted by atomic mass is 10.1. The first-order valence-electron chi connectivity index (χ1n) is 11.0. The van der Waals surface area contributed by atoms with Gasteiger partial charge in [-0.25, -0.2) is 0 Å². The topological polar surface area (TPSA) is 66.7 Å². The van der Waals surface area contributed by atoms with Crippen LogP contribution >= 0.6 is 0 Å². The van der Waals surface area contributed by atoms with Crippen LogP contribution in [0.15, 0.2) is 100 Å². The van der Waals surface area contributed by atoms with Crippen LogP contribution in [-0.2, 0) is 11.2 Å². The Kier molecular flexibility index (Phi) is 10.8. The number of aromatic nitrogens is 1. The van der Waals surface area contributed by atoms with E-state index in [2.05, 4.69) is 26.4 Å². The van der Waals surface area contributed by atoms with Crippen LogP contribution in [0.3, 0.4) is 0 Å². The van der Waals surface area contributed by atoms with Gasteiger partial charge in [-0.3, -0.25) is 19.8 Å². The molecule has 0 aliphatic carbocycles. The minimum atomic E-state index is -4.32. The third-order valence-corrected chi connectivity index (χ3v) is 4.87. The Morgan fingerprint density at radius 3 is 2.54 bits per heavy atom. The molecule has 0 bridgehead atoms. The Hall–Kier alpha value is -3.81. The normalized spacial score (nSPS) is 14.2. The van der Waals surface area contributed by atoms with Crippen molar-refractivity contribution in [2.45, 2.75) is 32.9 Å². The van der Waals surface area contributed by atoms with Crippen molar-refractivity contribution in [3.63, 3.8) is 0 Å². The van der Waals surface area contributed by atoms with Gasteiger partial charge in [-0.1, -0.05) is 42.0 Å². The number of rotatable bonds is 6. The lowest BCUT2D eigenvalue weighted by Gasteiger charge is -2.07. The highest BCUT2D eigenvalue weighted by atomic mass is 19.4. The molecule has 0 unspecified atom stereocenters. The molecular weight excluding hydrogens is 453 g/mol. The molecule has 0 spiro atoms. The molecular formula is C27H29F3N4O. The van der Waals surface area contributed by atoms with Crippen LogP contribution in [-0.4, -0.2) is 42.1 Å². The number of hydrogen-bond donors (Lipinski definition) is 1. The first kappa shape index (κ1) is 27.4. The molecule has 1 aromatic heterocycles. The Morgan fingerprint density at radius 1 is 1.17 bits per heavy atom. The molecule has 1 aromatic carbocycles. The van der Waals surface area contributed by atoms with Gasteiger partial charge in [0.15, 0.2) is 0 Å². The third-order valence-electron chi connectivity index (χ3n) is 4.87. The number of aliphatic imine (C=N–C) groups is 2. The van der Waals surface area contributed by atoms with Gasteiger partial charge >= 0.3 is 6.18 Å². The van der Waals surface area contributed by atoms with Crippen LogP contribution in [0.2, 0.25) is 0 Å². The molecule has 8 heteroatoms. The summed E-state index contributed by atoms with van der Waals surface area (Å²) in [4.78, 5) is 23.8. The number of nitrogens with zero attached hydrogens (tertiary/aromatic N) is 3. The summed E-state index contributed by atoms with van der Waals surface area (Å²) in [6.45, 7) is 3.54. The minimum Gasteiger partial charge on any atom is -0.350 e. The largest absolute Gasteiger partial charge is 0.412 e. The summed E-state index contributed by atoms with van der Waals surface area (Å²) in [5.41, 5.74) is 3.28. The van der Waals surface area contributed by atoms with Gasteiger partial charge in [-0.05, 0) is 50.1 Å². The second kappa shape index (κ2) is 13.8. The summed E-state index contributed by atoms with van der Waals surface area (Å²) in [5.74, 6) is 0.0206. The van der Waals surface area contributed by atoms with E-state index in [0.717, 1.165) is 30.7 Å². The van der Waals surface area contributed by atoms with Crippen molar-refractivity contribution in [1.29, 1.82) is 0 Å². The van der Waals surface area contributed by atoms with Gasteiger partial charge in [0.1, 0.15) is 0 Å². The Labute approximate surface area is 203 Å². The van der Waals surface area contributed by atoms with E-state index in [4.69, 9.17) is 0 Å². The first-order valence-corrected chi connectivity index (χ1v) is 11.0. The van der Waals surface area contributed by atoms with Gasteiger partial charge in [0, 0.05) is 36.8 Å².